The quantitative estimate of drug-likeness (QED) is 0.758. The largest absolute Gasteiger partial charge is 0.487 e. The topological polar surface area (TPSA) is 87.2 Å². The number of benzene rings is 1. The first-order valence-corrected chi connectivity index (χ1v) is 11.4. The molecule has 0 aliphatic carbocycles. The number of hydrogen-bond acceptors (Lipinski definition) is 5. The van der Waals surface area contributed by atoms with Crippen LogP contribution in [0.3, 0.4) is 0 Å². The van der Waals surface area contributed by atoms with Crippen molar-refractivity contribution in [3.05, 3.63) is 29.8 Å². The third-order valence-electron chi connectivity index (χ3n) is 5.23. The number of sulfonamides is 1. The Balaban J connectivity index is 2.56. The van der Waals surface area contributed by atoms with Crippen LogP contribution in [0.5, 0.6) is 5.75 Å². The highest BCUT2D eigenvalue weighted by molar-refractivity contribution is 7.89. The lowest BCUT2D eigenvalue weighted by atomic mass is 10.0. The summed E-state index contributed by atoms with van der Waals surface area (Å²) in [5.74, 6) is 0.0768. The molecule has 0 saturated heterocycles. The molecule has 0 spiro atoms. The van der Waals surface area contributed by atoms with E-state index < -0.39 is 16.1 Å². The number of carbonyl (C=O) groups excluding carboxylic acids is 1. The highest BCUT2D eigenvalue weighted by Gasteiger charge is 2.38. The lowest BCUT2D eigenvalue weighted by Crippen LogP contribution is -2.50. The van der Waals surface area contributed by atoms with Crippen molar-refractivity contribution in [1.82, 2.24) is 9.21 Å². The maximum Gasteiger partial charge on any atom is 0.247 e. The van der Waals surface area contributed by atoms with Crippen molar-refractivity contribution in [3.8, 4) is 5.75 Å². The van der Waals surface area contributed by atoms with Gasteiger partial charge in [0, 0.05) is 32.0 Å². The van der Waals surface area contributed by atoms with Gasteiger partial charge >= 0.3 is 0 Å². The minimum Gasteiger partial charge on any atom is -0.487 e. The first-order chi connectivity index (χ1) is 13.6. The second kappa shape index (κ2) is 9.73. The van der Waals surface area contributed by atoms with Gasteiger partial charge in [-0.2, -0.15) is 4.31 Å². The zero-order valence-corrected chi connectivity index (χ0v) is 18.6. The fourth-order valence-electron chi connectivity index (χ4n) is 3.40. The summed E-state index contributed by atoms with van der Waals surface area (Å²) in [6.45, 7) is 7.54. The molecule has 7 nitrogen and oxygen atoms in total. The van der Waals surface area contributed by atoms with Crippen LogP contribution in [0.1, 0.15) is 39.7 Å². The Morgan fingerprint density at radius 3 is 2.72 bits per heavy atom. The monoisotopic (exact) mass is 424 g/mol. The molecule has 0 unspecified atom stereocenters. The van der Waals surface area contributed by atoms with Crippen molar-refractivity contribution in [2.75, 3.05) is 26.7 Å². The van der Waals surface area contributed by atoms with Gasteiger partial charge in [0.05, 0.1) is 13.2 Å². The number of aliphatic hydroxyl groups is 1. The summed E-state index contributed by atoms with van der Waals surface area (Å²) in [7, 11) is -2.12. The van der Waals surface area contributed by atoms with Gasteiger partial charge in [0.1, 0.15) is 16.7 Å². The van der Waals surface area contributed by atoms with Crippen molar-refractivity contribution in [1.29, 1.82) is 0 Å². The Bertz CT molecular complexity index is 853. The highest BCUT2D eigenvalue weighted by atomic mass is 32.2. The average molecular weight is 425 g/mol. The summed E-state index contributed by atoms with van der Waals surface area (Å²) >= 11 is 0. The number of rotatable bonds is 6. The molecule has 1 aromatic rings. The number of fused-ring (bicyclic) bond motifs is 1. The van der Waals surface area contributed by atoms with Crippen LogP contribution in [0, 0.1) is 5.92 Å². The first-order valence-electron chi connectivity index (χ1n) is 9.95. The molecule has 3 atom stereocenters. The predicted molar refractivity (Wildman–Crippen MR) is 113 cm³/mol. The van der Waals surface area contributed by atoms with E-state index in [-0.39, 0.29) is 41.7 Å². The Labute approximate surface area is 174 Å². The van der Waals surface area contributed by atoms with Crippen LogP contribution in [0.2, 0.25) is 0 Å². The third kappa shape index (κ3) is 5.18. The highest BCUT2D eigenvalue weighted by Crippen LogP contribution is 2.34. The molecule has 162 valence electrons. The molecule has 1 aliphatic heterocycles. The molecular formula is C21H32N2O5S. The van der Waals surface area contributed by atoms with Crippen molar-refractivity contribution < 1.29 is 23.1 Å². The van der Waals surface area contributed by atoms with Gasteiger partial charge in [0.15, 0.2) is 0 Å². The SMILES string of the molecule is C/C=C/c1ccc2c(c1)O[C@H](CN(C)C(=O)CC)[C@@H](C)CN([C@@H](C)CO)S2(=O)=O. The van der Waals surface area contributed by atoms with Crippen LogP contribution in [0.15, 0.2) is 29.2 Å². The van der Waals surface area contributed by atoms with Gasteiger partial charge in [-0.1, -0.05) is 32.1 Å². The molecule has 29 heavy (non-hydrogen) atoms. The summed E-state index contributed by atoms with van der Waals surface area (Å²) in [5, 5.41) is 9.65. The van der Waals surface area contributed by atoms with E-state index in [0.717, 1.165) is 5.56 Å². The molecule has 8 heteroatoms. The molecular weight excluding hydrogens is 392 g/mol. The van der Waals surface area contributed by atoms with Crippen LogP contribution in [-0.4, -0.2) is 67.5 Å². The van der Waals surface area contributed by atoms with Crippen LogP contribution < -0.4 is 4.74 Å². The van der Waals surface area contributed by atoms with Crippen molar-refractivity contribution in [2.24, 2.45) is 5.92 Å². The van der Waals surface area contributed by atoms with E-state index in [2.05, 4.69) is 0 Å². The summed E-state index contributed by atoms with van der Waals surface area (Å²) in [5.41, 5.74) is 0.827. The normalized spacial score (nSPS) is 23.0. The number of carbonyl (C=O) groups is 1. The molecule has 0 radical (unpaired) electrons. The lowest BCUT2D eigenvalue weighted by Gasteiger charge is -2.37. The molecule has 0 fully saturated rings. The minimum absolute atomic E-state index is 0.000969. The summed E-state index contributed by atoms with van der Waals surface area (Å²) in [4.78, 5) is 13.8. The molecule has 0 bridgehead atoms. The van der Waals surface area contributed by atoms with Gasteiger partial charge in [-0.25, -0.2) is 8.42 Å². The number of amides is 1. The zero-order chi connectivity index (χ0) is 21.8. The van der Waals surface area contributed by atoms with Gasteiger partial charge < -0.3 is 14.7 Å². The standard InChI is InChI=1S/C21H32N2O5S/c1-6-8-17-9-10-20-18(11-17)28-19(13-22(5)21(25)7-2)15(3)12-23(16(4)14-24)29(20,26)27/h6,8-11,15-16,19,24H,7,12-14H2,1-5H3/b8-6+/t15-,16-,19+/m0/s1. The van der Waals surface area contributed by atoms with Crippen molar-refractivity contribution >= 4 is 22.0 Å². The van der Waals surface area contributed by atoms with E-state index in [1.54, 1.807) is 44.0 Å². The van der Waals surface area contributed by atoms with Gasteiger partial charge in [0.2, 0.25) is 15.9 Å². The average Bonchev–Trinajstić information content (AvgIpc) is 2.69. The Morgan fingerprint density at radius 2 is 2.14 bits per heavy atom. The van der Waals surface area contributed by atoms with E-state index in [9.17, 15) is 18.3 Å². The molecule has 1 N–H and O–H groups in total. The number of hydrogen-bond donors (Lipinski definition) is 1. The van der Waals surface area contributed by atoms with Crippen LogP contribution in [0.25, 0.3) is 6.08 Å². The number of nitrogens with zero attached hydrogens (tertiary/aromatic N) is 2. The van der Waals surface area contributed by atoms with E-state index in [0.29, 0.717) is 13.0 Å². The molecule has 1 aromatic carbocycles. The van der Waals surface area contributed by atoms with Gasteiger partial charge in [0.25, 0.3) is 0 Å². The first kappa shape index (κ1) is 23.4. The van der Waals surface area contributed by atoms with E-state index in [4.69, 9.17) is 4.74 Å². The van der Waals surface area contributed by atoms with Crippen molar-refractivity contribution in [3.63, 3.8) is 0 Å². The van der Waals surface area contributed by atoms with E-state index in [1.165, 1.54) is 4.31 Å². The van der Waals surface area contributed by atoms with E-state index in [1.807, 2.05) is 26.0 Å². The van der Waals surface area contributed by atoms with Crippen LogP contribution in [0.4, 0.5) is 0 Å². The number of likely N-dealkylation sites (N-methyl/N-ethyl adjacent to an activating group) is 1. The van der Waals surface area contributed by atoms with Gasteiger partial charge in [-0.3, -0.25) is 4.79 Å². The molecule has 1 aliphatic rings. The number of aliphatic hydroxyl groups excluding tert-OH is 1. The number of allylic oxidation sites excluding steroid dienone is 1. The Morgan fingerprint density at radius 1 is 1.45 bits per heavy atom. The zero-order valence-electron chi connectivity index (χ0n) is 17.8. The maximum absolute atomic E-state index is 13.3. The van der Waals surface area contributed by atoms with Crippen LogP contribution >= 0.6 is 0 Å². The maximum atomic E-state index is 13.3. The lowest BCUT2D eigenvalue weighted by molar-refractivity contribution is -0.131. The fourth-order valence-corrected chi connectivity index (χ4v) is 5.22. The molecule has 0 saturated carbocycles. The Hall–Kier alpha value is -1.90. The molecule has 2 rings (SSSR count). The Kier molecular flexibility index (Phi) is 7.85. The summed E-state index contributed by atoms with van der Waals surface area (Å²) in [6.07, 6.45) is 3.74. The molecule has 0 aromatic heterocycles. The number of ether oxygens (including phenoxy) is 1. The van der Waals surface area contributed by atoms with Gasteiger partial charge in [-0.15, -0.1) is 0 Å². The van der Waals surface area contributed by atoms with Gasteiger partial charge in [-0.05, 0) is 31.5 Å². The second-order valence-corrected chi connectivity index (χ2v) is 9.43. The molecule has 1 heterocycles. The molecule has 1 amide bonds. The van der Waals surface area contributed by atoms with Crippen molar-refractivity contribution in [2.45, 2.75) is 51.2 Å². The third-order valence-corrected chi connectivity index (χ3v) is 7.25. The summed E-state index contributed by atoms with van der Waals surface area (Å²) < 4.78 is 34.2. The fraction of sp³-hybridized carbons (Fsp3) is 0.571. The van der Waals surface area contributed by atoms with E-state index >= 15 is 0 Å². The minimum atomic E-state index is -3.85. The smallest absolute Gasteiger partial charge is 0.247 e. The van der Waals surface area contributed by atoms with Crippen LogP contribution in [-0.2, 0) is 14.8 Å². The predicted octanol–water partition coefficient (Wildman–Crippen LogP) is 2.36. The summed E-state index contributed by atoms with van der Waals surface area (Å²) in [6, 6.07) is 4.42. The second-order valence-electron chi connectivity index (χ2n) is 7.57.